The number of aromatic nitrogens is 3. The van der Waals surface area contributed by atoms with Gasteiger partial charge in [-0.2, -0.15) is 16.3 Å². The molecule has 1 fully saturated rings. The number of amides is 1. The van der Waals surface area contributed by atoms with Gasteiger partial charge < -0.3 is 13.8 Å². The summed E-state index contributed by atoms with van der Waals surface area (Å²) in [6.45, 7) is 3.52. The highest BCUT2D eigenvalue weighted by Gasteiger charge is 2.23. The zero-order valence-corrected chi connectivity index (χ0v) is 18.3. The largest absolute Gasteiger partial charge is 0.441 e. The quantitative estimate of drug-likeness (QED) is 0.425. The first-order valence-corrected chi connectivity index (χ1v) is 11.5. The van der Waals surface area contributed by atoms with E-state index in [2.05, 4.69) is 20.0 Å². The molecule has 0 unspecified atom stereocenters. The van der Waals surface area contributed by atoms with Crippen LogP contribution in [0.4, 0.5) is 0 Å². The van der Waals surface area contributed by atoms with Crippen molar-refractivity contribution in [2.45, 2.75) is 19.4 Å². The summed E-state index contributed by atoms with van der Waals surface area (Å²) in [6.07, 6.45) is 2.61. The molecule has 0 saturated carbocycles. The maximum absolute atomic E-state index is 12.6. The highest BCUT2D eigenvalue weighted by molar-refractivity contribution is 7.08. The van der Waals surface area contributed by atoms with Crippen molar-refractivity contribution < 1.29 is 13.7 Å². The lowest BCUT2D eigenvalue weighted by atomic mass is 10.2. The number of carbonyl (C=O) groups excluding carboxylic acids is 1. The zero-order chi connectivity index (χ0) is 21.8. The molecule has 0 aliphatic carbocycles. The number of hydrogen-bond acceptors (Lipinski definition) is 8. The van der Waals surface area contributed by atoms with E-state index in [9.17, 15) is 4.79 Å². The second-order valence-electron chi connectivity index (χ2n) is 7.66. The molecule has 0 bridgehead atoms. The number of benzene rings is 1. The van der Waals surface area contributed by atoms with Crippen LogP contribution in [0.1, 0.15) is 18.2 Å². The lowest BCUT2D eigenvalue weighted by Gasteiger charge is -2.33. The summed E-state index contributed by atoms with van der Waals surface area (Å²) in [7, 11) is 0. The fourth-order valence-electron chi connectivity index (χ4n) is 3.71. The van der Waals surface area contributed by atoms with Gasteiger partial charge in [-0.15, -0.1) is 0 Å². The van der Waals surface area contributed by atoms with Gasteiger partial charge in [0.2, 0.25) is 17.6 Å². The fourth-order valence-corrected chi connectivity index (χ4v) is 4.34. The Morgan fingerprint density at radius 2 is 1.88 bits per heavy atom. The Morgan fingerprint density at radius 1 is 1.03 bits per heavy atom. The summed E-state index contributed by atoms with van der Waals surface area (Å²) in [5.41, 5.74) is 1.96. The van der Waals surface area contributed by atoms with E-state index in [4.69, 9.17) is 8.94 Å². The molecule has 0 radical (unpaired) electrons. The second-order valence-corrected chi connectivity index (χ2v) is 8.44. The Hall–Kier alpha value is -3.30. The molecule has 32 heavy (non-hydrogen) atoms. The topological polar surface area (TPSA) is 88.5 Å². The van der Waals surface area contributed by atoms with Gasteiger partial charge in [0.15, 0.2) is 11.7 Å². The van der Waals surface area contributed by atoms with Gasteiger partial charge in [-0.1, -0.05) is 35.5 Å². The molecule has 0 spiro atoms. The first kappa shape index (κ1) is 20.6. The molecule has 1 aliphatic rings. The first-order chi connectivity index (χ1) is 15.7. The van der Waals surface area contributed by atoms with Crippen LogP contribution in [0.15, 0.2) is 62.3 Å². The SMILES string of the molecule is O=C(CCc1ncc(-c2ccccc2)o1)N1CCN(Cc2nc(-c3ccsc3)no2)CC1. The van der Waals surface area contributed by atoms with Crippen molar-refractivity contribution in [2.75, 3.05) is 26.2 Å². The number of rotatable bonds is 7. The number of nitrogens with zero attached hydrogens (tertiary/aromatic N) is 5. The van der Waals surface area contributed by atoms with Crippen molar-refractivity contribution in [1.82, 2.24) is 24.9 Å². The number of thiophene rings is 1. The van der Waals surface area contributed by atoms with Gasteiger partial charge in [0.05, 0.1) is 12.7 Å². The molecular formula is C23H23N5O3S. The number of piperazine rings is 1. The summed E-state index contributed by atoms with van der Waals surface area (Å²) in [6, 6.07) is 11.8. The average molecular weight is 450 g/mol. The normalized spacial score (nSPS) is 14.7. The summed E-state index contributed by atoms with van der Waals surface area (Å²) in [5.74, 6) is 2.67. The van der Waals surface area contributed by atoms with E-state index >= 15 is 0 Å². The summed E-state index contributed by atoms with van der Waals surface area (Å²) < 4.78 is 11.2. The maximum atomic E-state index is 12.6. The summed E-state index contributed by atoms with van der Waals surface area (Å²) in [5, 5.41) is 8.05. The van der Waals surface area contributed by atoms with Crippen molar-refractivity contribution in [3.8, 4) is 22.7 Å². The molecule has 164 valence electrons. The van der Waals surface area contributed by atoms with Crippen LogP contribution in [0.3, 0.4) is 0 Å². The minimum absolute atomic E-state index is 0.127. The van der Waals surface area contributed by atoms with Crippen molar-refractivity contribution in [3.63, 3.8) is 0 Å². The van der Waals surface area contributed by atoms with E-state index in [0.29, 0.717) is 50.1 Å². The van der Waals surface area contributed by atoms with Gasteiger partial charge in [-0.25, -0.2) is 4.98 Å². The van der Waals surface area contributed by atoms with E-state index < -0.39 is 0 Å². The van der Waals surface area contributed by atoms with Crippen LogP contribution in [-0.4, -0.2) is 57.0 Å². The second kappa shape index (κ2) is 9.46. The average Bonchev–Trinajstić information content (AvgIpc) is 3.60. The molecule has 4 aromatic rings. The Morgan fingerprint density at radius 3 is 2.66 bits per heavy atom. The Kier molecular flexibility index (Phi) is 6.09. The molecule has 9 heteroatoms. The third-order valence-electron chi connectivity index (χ3n) is 5.50. The lowest BCUT2D eigenvalue weighted by molar-refractivity contribution is -0.133. The molecule has 4 heterocycles. The highest BCUT2D eigenvalue weighted by Crippen LogP contribution is 2.21. The molecule has 5 rings (SSSR count). The standard InChI is InChI=1S/C23H23N5O3S/c29-22(7-6-20-24-14-19(30-20)17-4-2-1-3-5-17)28-11-9-27(10-12-28)15-21-25-23(26-31-21)18-8-13-32-16-18/h1-5,8,13-14,16H,6-7,9-12,15H2. The Bertz CT molecular complexity index is 1150. The van der Waals surface area contributed by atoms with Gasteiger partial charge in [0.1, 0.15) is 0 Å². The zero-order valence-electron chi connectivity index (χ0n) is 17.5. The van der Waals surface area contributed by atoms with Gasteiger partial charge in [0.25, 0.3) is 0 Å². The number of aryl methyl sites for hydroxylation is 1. The molecule has 0 atom stereocenters. The minimum Gasteiger partial charge on any atom is -0.441 e. The molecule has 0 N–H and O–H groups in total. The molecule has 1 amide bonds. The van der Waals surface area contributed by atoms with Crippen LogP contribution >= 0.6 is 11.3 Å². The van der Waals surface area contributed by atoms with Crippen molar-refractivity contribution in [3.05, 3.63) is 65.1 Å². The third-order valence-corrected chi connectivity index (χ3v) is 6.18. The van der Waals surface area contributed by atoms with Crippen molar-refractivity contribution >= 4 is 17.2 Å². The smallest absolute Gasteiger partial charge is 0.241 e. The van der Waals surface area contributed by atoms with E-state index in [-0.39, 0.29) is 5.91 Å². The maximum Gasteiger partial charge on any atom is 0.241 e. The van der Waals surface area contributed by atoms with Crippen LogP contribution in [-0.2, 0) is 17.8 Å². The predicted octanol–water partition coefficient (Wildman–Crippen LogP) is 3.73. The first-order valence-electron chi connectivity index (χ1n) is 10.6. The number of carbonyl (C=O) groups is 1. The summed E-state index contributed by atoms with van der Waals surface area (Å²) >= 11 is 1.61. The summed E-state index contributed by atoms with van der Waals surface area (Å²) in [4.78, 5) is 25.6. The Balaban J connectivity index is 1.08. The van der Waals surface area contributed by atoms with Crippen molar-refractivity contribution in [2.24, 2.45) is 0 Å². The predicted molar refractivity (Wildman–Crippen MR) is 120 cm³/mol. The van der Waals surface area contributed by atoms with E-state index in [0.717, 1.165) is 30.0 Å². The molecule has 1 saturated heterocycles. The monoisotopic (exact) mass is 449 g/mol. The van der Waals surface area contributed by atoms with Crippen LogP contribution in [0.2, 0.25) is 0 Å². The van der Waals surface area contributed by atoms with Crippen LogP contribution < -0.4 is 0 Å². The fraction of sp³-hybridized carbons (Fsp3) is 0.304. The highest BCUT2D eigenvalue weighted by atomic mass is 32.1. The molecule has 1 aliphatic heterocycles. The molecule has 1 aromatic carbocycles. The molecule has 3 aromatic heterocycles. The van der Waals surface area contributed by atoms with Gasteiger partial charge in [-0.05, 0) is 11.4 Å². The van der Waals surface area contributed by atoms with Crippen LogP contribution in [0, 0.1) is 0 Å². The van der Waals surface area contributed by atoms with Gasteiger partial charge >= 0.3 is 0 Å². The lowest BCUT2D eigenvalue weighted by Crippen LogP contribution is -2.48. The molecule has 8 nitrogen and oxygen atoms in total. The van der Waals surface area contributed by atoms with Gasteiger partial charge in [0, 0.05) is 55.5 Å². The van der Waals surface area contributed by atoms with Crippen LogP contribution in [0.5, 0.6) is 0 Å². The number of oxazole rings is 1. The van der Waals surface area contributed by atoms with E-state index in [1.165, 1.54) is 0 Å². The van der Waals surface area contributed by atoms with E-state index in [1.54, 1.807) is 17.5 Å². The molecular weight excluding hydrogens is 426 g/mol. The Labute approximate surface area is 189 Å². The van der Waals surface area contributed by atoms with Crippen molar-refractivity contribution in [1.29, 1.82) is 0 Å². The van der Waals surface area contributed by atoms with Gasteiger partial charge in [-0.3, -0.25) is 9.69 Å². The minimum atomic E-state index is 0.127. The van der Waals surface area contributed by atoms with E-state index in [1.807, 2.05) is 52.1 Å². The third kappa shape index (κ3) is 4.79. The van der Waals surface area contributed by atoms with Crippen LogP contribution in [0.25, 0.3) is 22.7 Å². The number of hydrogen-bond donors (Lipinski definition) is 0.